The van der Waals surface area contributed by atoms with E-state index in [2.05, 4.69) is 5.32 Å². The fraction of sp³-hybridized carbons (Fsp3) is 0.333. The molecular weight excluding hydrogens is 229 g/mol. The molecule has 1 aromatic carbocycles. The van der Waals surface area contributed by atoms with Gasteiger partial charge in [0, 0.05) is 6.42 Å². The summed E-state index contributed by atoms with van der Waals surface area (Å²) in [4.78, 5) is 0. The normalized spacial score (nSPS) is 16.8. The summed E-state index contributed by atoms with van der Waals surface area (Å²) >= 11 is 5.76. The highest BCUT2D eigenvalue weighted by atomic mass is 35.5. The molecule has 1 unspecified atom stereocenters. The largest absolute Gasteiger partial charge is 0.496 e. The molecule has 0 bridgehead atoms. The molecule has 0 aromatic heterocycles. The van der Waals surface area contributed by atoms with Gasteiger partial charge in [-0.3, -0.25) is 0 Å². The Morgan fingerprint density at radius 3 is 2.88 bits per heavy atom. The maximum absolute atomic E-state index is 13.0. The first-order chi connectivity index (χ1) is 7.72. The molecule has 1 aliphatic heterocycles. The van der Waals surface area contributed by atoms with Crippen molar-refractivity contribution in [2.24, 2.45) is 0 Å². The van der Waals surface area contributed by atoms with E-state index in [9.17, 15) is 4.39 Å². The Balaban J connectivity index is 2.29. The number of nitrogens with one attached hydrogen (secondary N) is 1. The van der Waals surface area contributed by atoms with E-state index < -0.39 is 5.82 Å². The minimum absolute atomic E-state index is 0.0550. The van der Waals surface area contributed by atoms with E-state index in [-0.39, 0.29) is 11.1 Å². The number of ether oxygens (including phenoxy) is 1. The van der Waals surface area contributed by atoms with Crippen LogP contribution in [0.3, 0.4) is 0 Å². The number of benzene rings is 1. The van der Waals surface area contributed by atoms with Crippen LogP contribution in [0.2, 0.25) is 5.02 Å². The van der Waals surface area contributed by atoms with Crippen LogP contribution in [0.15, 0.2) is 30.0 Å². The van der Waals surface area contributed by atoms with Crippen molar-refractivity contribution in [2.45, 2.75) is 12.5 Å². The van der Waals surface area contributed by atoms with Gasteiger partial charge in [0.15, 0.2) is 0 Å². The van der Waals surface area contributed by atoms with Gasteiger partial charge >= 0.3 is 0 Å². The highest BCUT2D eigenvalue weighted by molar-refractivity contribution is 6.30. The molecule has 1 aliphatic rings. The molecule has 2 nitrogen and oxygen atoms in total. The van der Waals surface area contributed by atoms with Crippen molar-refractivity contribution in [3.63, 3.8) is 0 Å². The SMILES string of the molecule is CNC(C1=CCCO1)c1ccc(F)c(Cl)c1. The summed E-state index contributed by atoms with van der Waals surface area (Å²) in [5, 5.41) is 3.27. The van der Waals surface area contributed by atoms with Crippen molar-refractivity contribution in [1.29, 1.82) is 0 Å². The zero-order valence-electron chi connectivity index (χ0n) is 8.97. The van der Waals surface area contributed by atoms with E-state index in [0.29, 0.717) is 6.61 Å². The quantitative estimate of drug-likeness (QED) is 0.878. The van der Waals surface area contributed by atoms with E-state index >= 15 is 0 Å². The Morgan fingerprint density at radius 1 is 1.50 bits per heavy atom. The average molecular weight is 242 g/mol. The van der Waals surface area contributed by atoms with Crippen LogP contribution in [0.5, 0.6) is 0 Å². The Kier molecular flexibility index (Phi) is 3.46. The van der Waals surface area contributed by atoms with Crippen molar-refractivity contribution in [3.05, 3.63) is 46.4 Å². The average Bonchev–Trinajstić information content (AvgIpc) is 2.78. The van der Waals surface area contributed by atoms with Crippen LogP contribution in [0.25, 0.3) is 0 Å². The first-order valence-electron chi connectivity index (χ1n) is 5.17. The minimum atomic E-state index is -0.401. The summed E-state index contributed by atoms with van der Waals surface area (Å²) in [6.07, 6.45) is 2.96. The molecule has 2 rings (SSSR count). The van der Waals surface area contributed by atoms with E-state index in [1.54, 1.807) is 12.1 Å². The molecule has 1 N–H and O–H groups in total. The molecule has 1 atom stereocenters. The molecule has 86 valence electrons. The van der Waals surface area contributed by atoms with Gasteiger partial charge in [0.05, 0.1) is 17.7 Å². The molecule has 1 heterocycles. The van der Waals surface area contributed by atoms with Crippen molar-refractivity contribution >= 4 is 11.6 Å². The third-order valence-electron chi connectivity index (χ3n) is 2.58. The molecule has 0 fully saturated rings. The third-order valence-corrected chi connectivity index (χ3v) is 2.87. The minimum Gasteiger partial charge on any atom is -0.496 e. The zero-order valence-corrected chi connectivity index (χ0v) is 9.72. The lowest BCUT2D eigenvalue weighted by Crippen LogP contribution is -2.19. The summed E-state index contributed by atoms with van der Waals surface area (Å²) in [5.41, 5.74) is 0.905. The van der Waals surface area contributed by atoms with Crippen LogP contribution in [0.1, 0.15) is 18.0 Å². The van der Waals surface area contributed by atoms with Crippen molar-refractivity contribution < 1.29 is 9.13 Å². The van der Waals surface area contributed by atoms with Gasteiger partial charge < -0.3 is 10.1 Å². The molecule has 0 saturated carbocycles. The summed E-state index contributed by atoms with van der Waals surface area (Å²) < 4.78 is 18.5. The number of halogens is 2. The van der Waals surface area contributed by atoms with Gasteiger partial charge in [-0.2, -0.15) is 0 Å². The lowest BCUT2D eigenvalue weighted by molar-refractivity contribution is 0.218. The molecule has 0 amide bonds. The smallest absolute Gasteiger partial charge is 0.141 e. The summed E-state index contributed by atoms with van der Waals surface area (Å²) in [7, 11) is 1.84. The van der Waals surface area contributed by atoms with Crippen LogP contribution < -0.4 is 5.32 Å². The van der Waals surface area contributed by atoms with Gasteiger partial charge in [-0.1, -0.05) is 17.7 Å². The molecule has 0 aliphatic carbocycles. The lowest BCUT2D eigenvalue weighted by Gasteiger charge is -2.18. The number of likely N-dealkylation sites (N-methyl/N-ethyl adjacent to an activating group) is 1. The predicted octanol–water partition coefficient (Wildman–Crippen LogP) is 3.04. The molecule has 0 radical (unpaired) electrons. The first-order valence-corrected chi connectivity index (χ1v) is 5.55. The van der Waals surface area contributed by atoms with Crippen LogP contribution in [-0.4, -0.2) is 13.7 Å². The molecular formula is C12H13ClFNO. The maximum Gasteiger partial charge on any atom is 0.141 e. The fourth-order valence-electron chi connectivity index (χ4n) is 1.80. The van der Waals surface area contributed by atoms with Crippen LogP contribution >= 0.6 is 11.6 Å². The van der Waals surface area contributed by atoms with Gasteiger partial charge in [-0.15, -0.1) is 0 Å². The second-order valence-electron chi connectivity index (χ2n) is 3.64. The Hall–Kier alpha value is -1.06. The number of rotatable bonds is 3. The Labute approximate surface area is 99.1 Å². The lowest BCUT2D eigenvalue weighted by atomic mass is 10.1. The van der Waals surface area contributed by atoms with Crippen LogP contribution in [0.4, 0.5) is 4.39 Å². The second-order valence-corrected chi connectivity index (χ2v) is 4.05. The maximum atomic E-state index is 13.0. The zero-order chi connectivity index (χ0) is 11.5. The van der Waals surface area contributed by atoms with Crippen LogP contribution in [-0.2, 0) is 4.74 Å². The van der Waals surface area contributed by atoms with Crippen molar-refractivity contribution in [3.8, 4) is 0 Å². The van der Waals surface area contributed by atoms with Gasteiger partial charge in [0.25, 0.3) is 0 Å². The van der Waals surface area contributed by atoms with Gasteiger partial charge in [-0.05, 0) is 30.8 Å². The number of hydrogen-bond acceptors (Lipinski definition) is 2. The standard InChI is InChI=1S/C12H13ClFNO/c1-15-12(11-3-2-6-16-11)8-4-5-10(14)9(13)7-8/h3-5,7,12,15H,2,6H2,1H3. The van der Waals surface area contributed by atoms with E-state index in [1.807, 2.05) is 13.1 Å². The Bertz CT molecular complexity index is 419. The molecule has 4 heteroatoms. The number of hydrogen-bond donors (Lipinski definition) is 1. The van der Waals surface area contributed by atoms with E-state index in [1.165, 1.54) is 6.07 Å². The molecule has 16 heavy (non-hydrogen) atoms. The van der Waals surface area contributed by atoms with E-state index in [0.717, 1.165) is 17.7 Å². The monoisotopic (exact) mass is 241 g/mol. The molecule has 1 aromatic rings. The van der Waals surface area contributed by atoms with Crippen LogP contribution in [0, 0.1) is 5.82 Å². The van der Waals surface area contributed by atoms with E-state index in [4.69, 9.17) is 16.3 Å². The first kappa shape index (κ1) is 11.4. The topological polar surface area (TPSA) is 21.3 Å². The highest BCUT2D eigenvalue weighted by Crippen LogP contribution is 2.28. The van der Waals surface area contributed by atoms with Crippen molar-refractivity contribution in [2.75, 3.05) is 13.7 Å². The third kappa shape index (κ3) is 2.20. The highest BCUT2D eigenvalue weighted by Gasteiger charge is 2.19. The Morgan fingerprint density at radius 2 is 2.31 bits per heavy atom. The van der Waals surface area contributed by atoms with Gasteiger partial charge in [0.2, 0.25) is 0 Å². The fourth-order valence-corrected chi connectivity index (χ4v) is 1.99. The van der Waals surface area contributed by atoms with Crippen molar-refractivity contribution in [1.82, 2.24) is 5.32 Å². The summed E-state index contributed by atoms with van der Waals surface area (Å²) in [5.74, 6) is 0.478. The summed E-state index contributed by atoms with van der Waals surface area (Å²) in [6.45, 7) is 0.711. The molecule has 0 saturated heterocycles. The van der Waals surface area contributed by atoms with Gasteiger partial charge in [0.1, 0.15) is 11.6 Å². The van der Waals surface area contributed by atoms with Gasteiger partial charge in [-0.25, -0.2) is 4.39 Å². The predicted molar refractivity (Wildman–Crippen MR) is 61.9 cm³/mol. The summed E-state index contributed by atoms with van der Waals surface area (Å²) in [6, 6.07) is 4.66. The molecule has 0 spiro atoms. The second kappa shape index (κ2) is 4.85.